The predicted octanol–water partition coefficient (Wildman–Crippen LogP) is 3.26. The minimum Gasteiger partial charge on any atom is -0.332 e. The smallest absolute Gasteiger partial charge is 0.254 e. The summed E-state index contributed by atoms with van der Waals surface area (Å²) in [6, 6.07) is 3.37. The highest BCUT2D eigenvalue weighted by molar-refractivity contribution is 6.03. The van der Waals surface area contributed by atoms with Gasteiger partial charge in [0.05, 0.1) is 6.04 Å². The predicted molar refractivity (Wildman–Crippen MR) is 90.5 cm³/mol. The second-order valence-corrected chi connectivity index (χ2v) is 5.66. The maximum atomic E-state index is 13.4. The second kappa shape index (κ2) is 8.36. The number of nitrogens with zero attached hydrogens (tertiary/aromatic N) is 2. The second-order valence-electron chi connectivity index (χ2n) is 5.66. The molecule has 1 aromatic rings. The van der Waals surface area contributed by atoms with Crippen LogP contribution in [0.3, 0.4) is 0 Å². The monoisotopic (exact) mass is 318 g/mol. The van der Waals surface area contributed by atoms with E-state index < -0.39 is 11.9 Å². The summed E-state index contributed by atoms with van der Waals surface area (Å²) in [5, 5.41) is 0. The quantitative estimate of drug-likeness (QED) is 0.572. The summed E-state index contributed by atoms with van der Waals surface area (Å²) in [5.74, 6) is -0.860. The van der Waals surface area contributed by atoms with Gasteiger partial charge < -0.3 is 4.90 Å². The van der Waals surface area contributed by atoms with E-state index in [1.165, 1.54) is 36.2 Å². The van der Waals surface area contributed by atoms with Gasteiger partial charge in [0.15, 0.2) is 5.78 Å². The minimum absolute atomic E-state index is 0.0880. The van der Waals surface area contributed by atoms with Crippen LogP contribution < -0.4 is 0 Å². The van der Waals surface area contributed by atoms with E-state index >= 15 is 0 Å². The Morgan fingerprint density at radius 3 is 2.57 bits per heavy atom. The van der Waals surface area contributed by atoms with Crippen molar-refractivity contribution in [2.45, 2.75) is 32.7 Å². The van der Waals surface area contributed by atoms with Gasteiger partial charge in [-0.25, -0.2) is 4.39 Å². The van der Waals surface area contributed by atoms with Crippen LogP contribution >= 0.6 is 0 Å². The third-order valence-electron chi connectivity index (χ3n) is 3.61. The van der Waals surface area contributed by atoms with Crippen molar-refractivity contribution in [2.24, 2.45) is 4.99 Å². The van der Waals surface area contributed by atoms with Crippen LogP contribution in [-0.2, 0) is 4.79 Å². The molecule has 0 aliphatic rings. The Kier molecular flexibility index (Phi) is 6.82. The number of carbonyl (C=O) groups excluding carboxylic acids is 2. The molecule has 0 radical (unpaired) electrons. The van der Waals surface area contributed by atoms with Crippen molar-refractivity contribution in [3.8, 4) is 0 Å². The molecule has 1 aromatic carbocycles. The Labute approximate surface area is 136 Å². The number of hydrogen-bond donors (Lipinski definition) is 0. The number of carbonyl (C=O) groups is 2. The standard InChI is InChI=1S/C18H23FN2O2/c1-12(2)6-9-17(13(3)22)21(5)18(23)16-8-7-15(19)10-14(16)11-20-4/h7-8,10-11,17H,1,6,9H2,2-5H3/b20-11-. The Morgan fingerprint density at radius 2 is 2.04 bits per heavy atom. The maximum Gasteiger partial charge on any atom is 0.254 e. The number of Topliss-reactive ketones (excluding diaryl/α,β-unsaturated/α-hetero) is 1. The summed E-state index contributed by atoms with van der Waals surface area (Å²) in [6.45, 7) is 7.17. The molecule has 0 N–H and O–H groups in total. The zero-order valence-corrected chi connectivity index (χ0v) is 14.1. The van der Waals surface area contributed by atoms with E-state index in [4.69, 9.17) is 0 Å². The molecule has 0 aromatic heterocycles. The van der Waals surface area contributed by atoms with Gasteiger partial charge in [0.1, 0.15) is 5.82 Å². The highest BCUT2D eigenvalue weighted by atomic mass is 19.1. The molecule has 0 aliphatic heterocycles. The molecular weight excluding hydrogens is 295 g/mol. The van der Waals surface area contributed by atoms with E-state index in [9.17, 15) is 14.0 Å². The lowest BCUT2D eigenvalue weighted by molar-refractivity contribution is -0.121. The van der Waals surface area contributed by atoms with Crippen molar-refractivity contribution in [3.63, 3.8) is 0 Å². The topological polar surface area (TPSA) is 49.7 Å². The highest BCUT2D eigenvalue weighted by Crippen LogP contribution is 2.17. The average molecular weight is 318 g/mol. The van der Waals surface area contributed by atoms with E-state index in [1.807, 2.05) is 6.92 Å². The molecule has 124 valence electrons. The van der Waals surface area contributed by atoms with E-state index in [0.717, 1.165) is 5.57 Å². The van der Waals surface area contributed by atoms with Crippen LogP contribution in [0, 0.1) is 5.82 Å². The first kappa shape index (κ1) is 18.7. The molecule has 0 bridgehead atoms. The van der Waals surface area contributed by atoms with E-state index in [-0.39, 0.29) is 11.7 Å². The highest BCUT2D eigenvalue weighted by Gasteiger charge is 2.25. The largest absolute Gasteiger partial charge is 0.332 e. The van der Waals surface area contributed by atoms with Gasteiger partial charge in [-0.1, -0.05) is 5.57 Å². The lowest BCUT2D eigenvalue weighted by Crippen LogP contribution is -2.41. The molecule has 0 aliphatic carbocycles. The summed E-state index contributed by atoms with van der Waals surface area (Å²) in [5.41, 5.74) is 1.67. The molecule has 23 heavy (non-hydrogen) atoms. The number of amides is 1. The molecule has 0 saturated carbocycles. The van der Waals surface area contributed by atoms with Crippen molar-refractivity contribution in [1.82, 2.24) is 4.90 Å². The van der Waals surface area contributed by atoms with Gasteiger partial charge in [0, 0.05) is 31.4 Å². The molecule has 0 saturated heterocycles. The zero-order chi connectivity index (χ0) is 17.6. The number of hydrogen-bond acceptors (Lipinski definition) is 3. The molecule has 0 fully saturated rings. The number of rotatable bonds is 7. The van der Waals surface area contributed by atoms with Crippen molar-refractivity contribution in [3.05, 3.63) is 47.3 Å². The lowest BCUT2D eigenvalue weighted by Gasteiger charge is -2.27. The van der Waals surface area contributed by atoms with Crippen molar-refractivity contribution in [2.75, 3.05) is 14.1 Å². The third-order valence-corrected chi connectivity index (χ3v) is 3.61. The maximum absolute atomic E-state index is 13.4. The summed E-state index contributed by atoms with van der Waals surface area (Å²) in [6.07, 6.45) is 2.61. The van der Waals surface area contributed by atoms with Gasteiger partial charge in [-0.05, 0) is 44.9 Å². The van der Waals surface area contributed by atoms with Crippen molar-refractivity contribution < 1.29 is 14.0 Å². The van der Waals surface area contributed by atoms with Gasteiger partial charge in [0.2, 0.25) is 0 Å². The summed E-state index contributed by atoms with van der Waals surface area (Å²) >= 11 is 0. The van der Waals surface area contributed by atoms with Gasteiger partial charge >= 0.3 is 0 Å². The molecule has 4 nitrogen and oxygen atoms in total. The number of allylic oxidation sites excluding steroid dienone is 1. The molecule has 1 rings (SSSR count). The third kappa shape index (κ3) is 5.13. The Hall–Kier alpha value is -2.30. The van der Waals surface area contributed by atoms with Crippen LogP contribution in [0.4, 0.5) is 4.39 Å². The molecule has 1 unspecified atom stereocenters. The van der Waals surface area contributed by atoms with Crippen LogP contribution in [0.2, 0.25) is 0 Å². The molecule has 0 spiro atoms. The summed E-state index contributed by atoms with van der Waals surface area (Å²) in [7, 11) is 3.14. The van der Waals surface area contributed by atoms with Crippen molar-refractivity contribution in [1.29, 1.82) is 0 Å². The fourth-order valence-electron chi connectivity index (χ4n) is 2.36. The number of halogens is 1. The zero-order valence-electron chi connectivity index (χ0n) is 14.1. The van der Waals surface area contributed by atoms with Crippen LogP contribution in [0.25, 0.3) is 0 Å². The van der Waals surface area contributed by atoms with Gasteiger partial charge in [-0.3, -0.25) is 14.6 Å². The SMILES string of the molecule is C=C(C)CCC(C(C)=O)N(C)C(=O)c1ccc(F)cc1/C=N\C. The van der Waals surface area contributed by atoms with E-state index in [0.29, 0.717) is 24.0 Å². The lowest BCUT2D eigenvalue weighted by atomic mass is 10.0. The Bertz CT molecular complexity index is 638. The average Bonchev–Trinajstić information content (AvgIpc) is 2.46. The summed E-state index contributed by atoms with van der Waals surface area (Å²) in [4.78, 5) is 29.9. The van der Waals surface area contributed by atoms with E-state index in [1.54, 1.807) is 14.1 Å². The van der Waals surface area contributed by atoms with Gasteiger partial charge in [-0.15, -0.1) is 6.58 Å². The van der Waals surface area contributed by atoms with E-state index in [2.05, 4.69) is 11.6 Å². The fourth-order valence-corrected chi connectivity index (χ4v) is 2.36. The molecule has 1 amide bonds. The van der Waals surface area contributed by atoms with Gasteiger partial charge in [0.25, 0.3) is 5.91 Å². The van der Waals surface area contributed by atoms with Crippen LogP contribution in [-0.4, -0.2) is 42.9 Å². The first-order valence-electron chi connectivity index (χ1n) is 7.41. The van der Waals surface area contributed by atoms with Gasteiger partial charge in [-0.2, -0.15) is 0 Å². The number of benzene rings is 1. The van der Waals surface area contributed by atoms with Crippen LogP contribution in [0.5, 0.6) is 0 Å². The fraction of sp³-hybridized carbons (Fsp3) is 0.389. The number of aliphatic imine (C=N–C) groups is 1. The molecule has 0 heterocycles. The first-order chi connectivity index (χ1) is 10.8. The van der Waals surface area contributed by atoms with Crippen LogP contribution in [0.1, 0.15) is 42.6 Å². The Morgan fingerprint density at radius 1 is 1.39 bits per heavy atom. The molecule has 5 heteroatoms. The normalized spacial score (nSPS) is 12.2. The number of likely N-dealkylation sites (N-methyl/N-ethyl adjacent to an activating group) is 1. The molecular formula is C18H23FN2O2. The van der Waals surface area contributed by atoms with Crippen molar-refractivity contribution >= 4 is 17.9 Å². The minimum atomic E-state index is -0.532. The summed E-state index contributed by atoms with van der Waals surface area (Å²) < 4.78 is 13.4. The van der Waals surface area contributed by atoms with Crippen LogP contribution in [0.15, 0.2) is 35.3 Å². The number of ketones is 1. The Balaban J connectivity index is 3.10. The molecule has 1 atom stereocenters. The first-order valence-corrected chi connectivity index (χ1v) is 7.41.